The van der Waals surface area contributed by atoms with Crippen LogP contribution in [0.5, 0.6) is 0 Å². The van der Waals surface area contributed by atoms with E-state index in [9.17, 15) is 4.39 Å². The van der Waals surface area contributed by atoms with Crippen molar-refractivity contribution >= 4 is 10.9 Å². The molecule has 2 N–H and O–H groups in total. The van der Waals surface area contributed by atoms with Crippen LogP contribution in [0.2, 0.25) is 0 Å². The molecule has 0 bridgehead atoms. The number of pyridine rings is 1. The summed E-state index contributed by atoms with van der Waals surface area (Å²) >= 11 is 0. The topological polar surface area (TPSA) is 42.1 Å². The summed E-state index contributed by atoms with van der Waals surface area (Å²) in [5.74, 6) is -0.208. The van der Waals surface area contributed by atoms with Gasteiger partial charge in [-0.1, -0.05) is 6.07 Å². The molecule has 1 aromatic carbocycles. The second-order valence-electron chi connectivity index (χ2n) is 4.89. The van der Waals surface area contributed by atoms with Gasteiger partial charge >= 0.3 is 0 Å². The lowest BCUT2D eigenvalue weighted by Crippen LogP contribution is -2.26. The molecule has 3 nitrogen and oxygen atoms in total. The van der Waals surface area contributed by atoms with Crippen LogP contribution in [0, 0.1) is 5.82 Å². The van der Waals surface area contributed by atoms with Gasteiger partial charge in [0, 0.05) is 37.3 Å². The molecule has 3 rings (SSSR count). The van der Waals surface area contributed by atoms with E-state index in [0.29, 0.717) is 5.39 Å². The van der Waals surface area contributed by atoms with Crippen LogP contribution in [-0.4, -0.2) is 29.0 Å². The van der Waals surface area contributed by atoms with Crippen LogP contribution in [0.4, 0.5) is 4.39 Å². The Morgan fingerprint density at radius 1 is 1.39 bits per heavy atom. The summed E-state index contributed by atoms with van der Waals surface area (Å²) in [5.41, 5.74) is 7.73. The van der Waals surface area contributed by atoms with E-state index < -0.39 is 0 Å². The van der Waals surface area contributed by atoms with Crippen molar-refractivity contribution in [2.75, 3.05) is 13.1 Å². The number of fused-ring (bicyclic) bond motifs is 1. The average Bonchev–Trinajstić information content (AvgIpc) is 2.79. The third-order valence-corrected chi connectivity index (χ3v) is 3.50. The summed E-state index contributed by atoms with van der Waals surface area (Å²) in [6.07, 6.45) is 2.74. The Labute approximate surface area is 105 Å². The number of aromatic nitrogens is 1. The first-order valence-electron chi connectivity index (χ1n) is 6.24. The summed E-state index contributed by atoms with van der Waals surface area (Å²) in [6, 6.07) is 7.16. The Balaban J connectivity index is 1.95. The number of likely N-dealkylation sites (tertiary alicyclic amines) is 1. The van der Waals surface area contributed by atoms with Crippen LogP contribution in [0.25, 0.3) is 10.9 Å². The summed E-state index contributed by atoms with van der Waals surface area (Å²) < 4.78 is 13.7. The highest BCUT2D eigenvalue weighted by Gasteiger charge is 2.20. The minimum absolute atomic E-state index is 0.208. The number of nitrogens with two attached hydrogens (primary N) is 1. The maximum absolute atomic E-state index is 13.7. The lowest BCUT2D eigenvalue weighted by Gasteiger charge is -2.16. The Morgan fingerprint density at radius 3 is 3.06 bits per heavy atom. The van der Waals surface area contributed by atoms with Crippen molar-refractivity contribution in [2.24, 2.45) is 5.73 Å². The van der Waals surface area contributed by atoms with Crippen molar-refractivity contribution in [3.63, 3.8) is 0 Å². The summed E-state index contributed by atoms with van der Waals surface area (Å²) in [7, 11) is 0. The molecule has 1 aliphatic rings. The Kier molecular flexibility index (Phi) is 2.97. The summed E-state index contributed by atoms with van der Waals surface area (Å²) in [6.45, 7) is 2.71. The predicted octanol–water partition coefficient (Wildman–Crippen LogP) is 1.91. The van der Waals surface area contributed by atoms with Gasteiger partial charge in [0.15, 0.2) is 0 Å². The molecule has 18 heavy (non-hydrogen) atoms. The van der Waals surface area contributed by atoms with Gasteiger partial charge in [0.1, 0.15) is 5.82 Å². The largest absolute Gasteiger partial charge is 0.326 e. The highest BCUT2D eigenvalue weighted by Crippen LogP contribution is 2.22. The lowest BCUT2D eigenvalue weighted by atomic mass is 10.1. The fraction of sp³-hybridized carbons (Fsp3) is 0.357. The first-order valence-corrected chi connectivity index (χ1v) is 6.24. The molecule has 1 aliphatic heterocycles. The summed E-state index contributed by atoms with van der Waals surface area (Å²) in [4.78, 5) is 6.60. The zero-order valence-corrected chi connectivity index (χ0v) is 10.1. The summed E-state index contributed by atoms with van der Waals surface area (Å²) in [5, 5.41) is 0.596. The van der Waals surface area contributed by atoms with Crippen LogP contribution >= 0.6 is 0 Å². The second-order valence-corrected chi connectivity index (χ2v) is 4.89. The highest BCUT2D eigenvalue weighted by atomic mass is 19.1. The molecule has 1 atom stereocenters. The first-order chi connectivity index (χ1) is 8.74. The molecule has 0 amide bonds. The zero-order chi connectivity index (χ0) is 12.5. The molecule has 0 radical (unpaired) electrons. The molecule has 0 spiro atoms. The smallest absolute Gasteiger partial charge is 0.132 e. The monoisotopic (exact) mass is 245 g/mol. The predicted molar refractivity (Wildman–Crippen MR) is 69.6 cm³/mol. The Morgan fingerprint density at radius 2 is 2.28 bits per heavy atom. The molecule has 2 aromatic rings. The van der Waals surface area contributed by atoms with Gasteiger partial charge in [-0.2, -0.15) is 0 Å². The first kappa shape index (κ1) is 11.6. The van der Waals surface area contributed by atoms with Crippen LogP contribution < -0.4 is 5.73 Å². The van der Waals surface area contributed by atoms with Crippen molar-refractivity contribution in [1.82, 2.24) is 9.88 Å². The molecular weight excluding hydrogens is 229 g/mol. The maximum atomic E-state index is 13.7. The van der Waals surface area contributed by atoms with Gasteiger partial charge in [0.25, 0.3) is 0 Å². The van der Waals surface area contributed by atoms with Gasteiger partial charge in [0.2, 0.25) is 0 Å². The normalized spacial score (nSPS) is 20.7. The molecule has 0 aliphatic carbocycles. The van der Waals surface area contributed by atoms with Gasteiger partial charge in [-0.25, -0.2) is 4.39 Å². The quantitative estimate of drug-likeness (QED) is 0.878. The van der Waals surface area contributed by atoms with E-state index in [4.69, 9.17) is 5.73 Å². The number of halogens is 1. The number of hydrogen-bond acceptors (Lipinski definition) is 3. The van der Waals surface area contributed by atoms with Gasteiger partial charge in [-0.05, 0) is 30.2 Å². The molecular formula is C14H16FN3. The van der Waals surface area contributed by atoms with E-state index in [0.717, 1.165) is 37.1 Å². The van der Waals surface area contributed by atoms with Crippen molar-refractivity contribution in [1.29, 1.82) is 0 Å². The average molecular weight is 245 g/mol. The van der Waals surface area contributed by atoms with E-state index in [1.165, 1.54) is 6.07 Å². The molecule has 0 unspecified atom stereocenters. The maximum Gasteiger partial charge on any atom is 0.132 e. The Bertz CT molecular complexity index is 570. The molecule has 94 valence electrons. The number of benzene rings is 1. The second kappa shape index (κ2) is 4.63. The van der Waals surface area contributed by atoms with Crippen LogP contribution in [0.15, 0.2) is 30.5 Å². The number of hydrogen-bond donors (Lipinski definition) is 1. The minimum Gasteiger partial charge on any atom is -0.326 e. The van der Waals surface area contributed by atoms with E-state index in [-0.39, 0.29) is 11.9 Å². The third kappa shape index (κ3) is 2.09. The van der Waals surface area contributed by atoms with E-state index in [1.807, 2.05) is 6.07 Å². The zero-order valence-electron chi connectivity index (χ0n) is 10.1. The number of rotatable bonds is 2. The van der Waals surface area contributed by atoms with Crippen molar-refractivity contribution < 1.29 is 4.39 Å². The SMILES string of the molecule is N[C@@H]1CCN(Cc2ccc(F)c3cccnc23)C1. The van der Waals surface area contributed by atoms with Crippen molar-refractivity contribution in [2.45, 2.75) is 19.0 Å². The van der Waals surface area contributed by atoms with Crippen LogP contribution in [0.1, 0.15) is 12.0 Å². The fourth-order valence-corrected chi connectivity index (χ4v) is 2.57. The molecule has 1 saturated heterocycles. The van der Waals surface area contributed by atoms with Gasteiger partial charge in [-0.15, -0.1) is 0 Å². The lowest BCUT2D eigenvalue weighted by molar-refractivity contribution is 0.328. The standard InChI is InChI=1S/C14H16FN3/c15-13-4-3-10(8-18-7-5-11(16)9-18)14-12(13)2-1-6-17-14/h1-4,6,11H,5,7-9,16H2/t11-/m1/s1. The molecule has 0 saturated carbocycles. The van der Waals surface area contributed by atoms with E-state index >= 15 is 0 Å². The fourth-order valence-electron chi connectivity index (χ4n) is 2.57. The van der Waals surface area contributed by atoms with Crippen molar-refractivity contribution in [3.05, 3.63) is 41.8 Å². The third-order valence-electron chi connectivity index (χ3n) is 3.50. The van der Waals surface area contributed by atoms with Gasteiger partial charge in [0.05, 0.1) is 5.52 Å². The van der Waals surface area contributed by atoms with E-state index in [2.05, 4.69) is 9.88 Å². The molecule has 4 heteroatoms. The van der Waals surface area contributed by atoms with E-state index in [1.54, 1.807) is 18.3 Å². The molecule has 2 heterocycles. The highest BCUT2D eigenvalue weighted by molar-refractivity contribution is 5.82. The Hall–Kier alpha value is -1.52. The van der Waals surface area contributed by atoms with Gasteiger partial charge in [-0.3, -0.25) is 9.88 Å². The van der Waals surface area contributed by atoms with Crippen LogP contribution in [-0.2, 0) is 6.54 Å². The van der Waals surface area contributed by atoms with Gasteiger partial charge < -0.3 is 5.73 Å². The number of nitrogens with zero attached hydrogens (tertiary/aromatic N) is 2. The molecule has 1 fully saturated rings. The molecule has 1 aromatic heterocycles. The van der Waals surface area contributed by atoms with Crippen LogP contribution in [0.3, 0.4) is 0 Å². The minimum atomic E-state index is -0.208. The van der Waals surface area contributed by atoms with Crippen molar-refractivity contribution in [3.8, 4) is 0 Å².